The molecule has 4 saturated carbocycles. The number of rotatable bonds is 1. The van der Waals surface area contributed by atoms with Crippen LogP contribution in [0.5, 0.6) is 0 Å². The minimum atomic E-state index is -1.89. The SMILES string of the molecule is CC(=O)OC1CCC2(C)C3CC(O)C4C2(CC2C5CN6CC(C)CCC6C(C)(O)C5C(O)[C@H](O)[C@]24O)OC13O. The lowest BCUT2D eigenvalue weighted by Gasteiger charge is -2.63. The van der Waals surface area contributed by atoms with Crippen LogP contribution in [0.25, 0.3) is 0 Å². The smallest absolute Gasteiger partial charge is 0.303 e. The first-order chi connectivity index (χ1) is 18.1. The standard InChI is InChI=1S/C29H45NO9/c1-13-5-6-19-26(4,35)21-15(12-30(19)11-13)16-10-27-23(28(16,36)24(34)22(21)33)17(32)9-18-25(27,3)8-7-20(38-14(2)31)29(18,37)39-27/h13,15-24,32-37H,5-12H2,1-4H3/t13?,15?,16?,17?,18?,19?,20?,21?,22?,23?,24-,25?,26?,27?,28-,29?/m0/s1. The Morgan fingerprint density at radius 3 is 2.46 bits per heavy atom. The highest BCUT2D eigenvalue weighted by atomic mass is 16.7. The number of ether oxygens (including phenoxy) is 2. The van der Waals surface area contributed by atoms with Gasteiger partial charge < -0.3 is 40.1 Å². The maximum absolute atomic E-state index is 12.6. The predicted molar refractivity (Wildman–Crippen MR) is 136 cm³/mol. The van der Waals surface area contributed by atoms with E-state index in [0.29, 0.717) is 25.3 Å². The molecular weight excluding hydrogens is 506 g/mol. The topological polar surface area (TPSA) is 160 Å². The Balaban J connectivity index is 1.35. The lowest BCUT2D eigenvalue weighted by atomic mass is 9.49. The summed E-state index contributed by atoms with van der Waals surface area (Å²) in [6.45, 7) is 8.65. The normalized spacial score (nSPS) is 63.5. The summed E-state index contributed by atoms with van der Waals surface area (Å²) in [6.07, 6.45) is -1.89. The van der Waals surface area contributed by atoms with Gasteiger partial charge >= 0.3 is 5.97 Å². The van der Waals surface area contributed by atoms with Crippen LogP contribution in [0.4, 0.5) is 0 Å². The lowest BCUT2D eigenvalue weighted by molar-refractivity contribution is -0.296. The third kappa shape index (κ3) is 2.98. The summed E-state index contributed by atoms with van der Waals surface area (Å²) in [4.78, 5) is 14.2. The molecule has 0 aromatic heterocycles. The molecule has 14 unspecified atom stereocenters. The van der Waals surface area contributed by atoms with Gasteiger partial charge in [-0.2, -0.15) is 0 Å². The van der Waals surface area contributed by atoms with Crippen LogP contribution in [0.15, 0.2) is 0 Å². The van der Waals surface area contributed by atoms with Crippen LogP contribution in [0.2, 0.25) is 0 Å². The molecule has 0 aromatic rings. The van der Waals surface area contributed by atoms with Crippen LogP contribution in [-0.4, -0.2) is 108 Å². The molecule has 0 amide bonds. The summed E-state index contributed by atoms with van der Waals surface area (Å²) >= 11 is 0. The van der Waals surface area contributed by atoms with Crippen molar-refractivity contribution in [3.63, 3.8) is 0 Å². The number of hydrogen-bond donors (Lipinski definition) is 6. The molecule has 16 atom stereocenters. The van der Waals surface area contributed by atoms with Gasteiger partial charge in [0.05, 0.1) is 23.4 Å². The van der Waals surface area contributed by atoms with E-state index in [2.05, 4.69) is 11.8 Å². The van der Waals surface area contributed by atoms with Crippen LogP contribution < -0.4 is 0 Å². The molecular formula is C29H45NO9. The zero-order valence-corrected chi connectivity index (χ0v) is 23.4. The Hall–Kier alpha value is -0.850. The van der Waals surface area contributed by atoms with Crippen LogP contribution in [-0.2, 0) is 14.3 Å². The molecule has 220 valence electrons. The minimum absolute atomic E-state index is 0.118. The maximum atomic E-state index is 12.6. The van der Waals surface area contributed by atoms with E-state index in [9.17, 15) is 35.4 Å². The third-order valence-electron chi connectivity index (χ3n) is 13.1. The molecule has 4 aliphatic carbocycles. The van der Waals surface area contributed by atoms with Crippen molar-refractivity contribution in [2.75, 3.05) is 13.1 Å². The van der Waals surface area contributed by atoms with Gasteiger partial charge in [0.15, 0.2) is 6.10 Å². The summed E-state index contributed by atoms with van der Waals surface area (Å²) in [6, 6.07) is -0.149. The number of fused-ring (bicyclic) bond motifs is 5. The van der Waals surface area contributed by atoms with E-state index in [1.807, 2.05) is 6.92 Å². The lowest BCUT2D eigenvalue weighted by Crippen LogP contribution is -2.76. The zero-order valence-electron chi connectivity index (χ0n) is 23.4. The zero-order chi connectivity index (χ0) is 28.1. The highest BCUT2D eigenvalue weighted by Gasteiger charge is 2.86. The van der Waals surface area contributed by atoms with Crippen LogP contribution >= 0.6 is 0 Å². The molecule has 7 rings (SSSR count). The number of aliphatic hydroxyl groups excluding tert-OH is 3. The van der Waals surface area contributed by atoms with Gasteiger partial charge in [-0.1, -0.05) is 13.8 Å². The fourth-order valence-corrected chi connectivity index (χ4v) is 11.7. The molecule has 3 saturated heterocycles. The Morgan fingerprint density at radius 1 is 1.05 bits per heavy atom. The second-order valence-corrected chi connectivity index (χ2v) is 14.8. The van der Waals surface area contributed by atoms with E-state index in [4.69, 9.17) is 9.47 Å². The van der Waals surface area contributed by atoms with Gasteiger partial charge in [0.25, 0.3) is 0 Å². The first-order valence-electron chi connectivity index (χ1n) is 15.0. The average molecular weight is 552 g/mol. The number of carbonyl (C=O) groups is 1. The summed E-state index contributed by atoms with van der Waals surface area (Å²) < 4.78 is 12.2. The number of nitrogens with zero attached hydrogens (tertiary/aromatic N) is 1. The number of hydrogen-bond acceptors (Lipinski definition) is 10. The highest BCUT2D eigenvalue weighted by molar-refractivity contribution is 5.66. The molecule has 6 N–H and O–H groups in total. The van der Waals surface area contributed by atoms with Crippen molar-refractivity contribution in [1.29, 1.82) is 0 Å². The minimum Gasteiger partial charge on any atom is -0.457 e. The molecule has 0 radical (unpaired) electrons. The molecule has 4 bridgehead atoms. The summed E-state index contributed by atoms with van der Waals surface area (Å²) in [5.74, 6) is -4.99. The van der Waals surface area contributed by atoms with Crippen molar-refractivity contribution in [2.24, 2.45) is 40.9 Å². The van der Waals surface area contributed by atoms with E-state index in [1.165, 1.54) is 6.92 Å². The Bertz CT molecular complexity index is 1070. The highest BCUT2D eigenvalue weighted by Crippen LogP contribution is 2.77. The summed E-state index contributed by atoms with van der Waals surface area (Å²) in [7, 11) is 0. The summed E-state index contributed by atoms with van der Waals surface area (Å²) in [5.41, 5.74) is -5.03. The quantitative estimate of drug-likeness (QED) is 0.240. The van der Waals surface area contributed by atoms with Gasteiger partial charge in [-0.25, -0.2) is 0 Å². The van der Waals surface area contributed by atoms with Crippen molar-refractivity contribution >= 4 is 5.97 Å². The van der Waals surface area contributed by atoms with Gasteiger partial charge in [-0.3, -0.25) is 9.69 Å². The maximum Gasteiger partial charge on any atom is 0.303 e. The number of esters is 1. The van der Waals surface area contributed by atoms with Crippen LogP contribution in [0, 0.1) is 40.9 Å². The van der Waals surface area contributed by atoms with Gasteiger partial charge in [0.1, 0.15) is 11.7 Å². The third-order valence-corrected chi connectivity index (χ3v) is 13.1. The molecule has 0 aromatic carbocycles. The number of carbonyl (C=O) groups excluding carboxylic acids is 1. The fraction of sp³-hybridized carbons (Fsp3) is 0.966. The van der Waals surface area contributed by atoms with Crippen LogP contribution in [0.1, 0.15) is 66.2 Å². The first-order valence-corrected chi connectivity index (χ1v) is 15.0. The number of aliphatic hydroxyl groups is 6. The second kappa shape index (κ2) is 7.95. The molecule has 7 fully saturated rings. The van der Waals surface area contributed by atoms with Crippen molar-refractivity contribution in [3.8, 4) is 0 Å². The molecule has 1 spiro atoms. The summed E-state index contributed by atoms with van der Waals surface area (Å²) in [5, 5.41) is 71.6. The molecule has 39 heavy (non-hydrogen) atoms. The number of piperidine rings is 2. The van der Waals surface area contributed by atoms with E-state index in [0.717, 1.165) is 19.4 Å². The fourth-order valence-electron chi connectivity index (χ4n) is 11.7. The molecule has 10 heteroatoms. The second-order valence-electron chi connectivity index (χ2n) is 14.8. The molecule has 3 heterocycles. The van der Waals surface area contributed by atoms with Gasteiger partial charge in [0, 0.05) is 49.2 Å². The van der Waals surface area contributed by atoms with Crippen molar-refractivity contribution < 1.29 is 44.9 Å². The van der Waals surface area contributed by atoms with Gasteiger partial charge in [-0.15, -0.1) is 0 Å². The Morgan fingerprint density at radius 2 is 1.77 bits per heavy atom. The largest absolute Gasteiger partial charge is 0.457 e. The van der Waals surface area contributed by atoms with E-state index >= 15 is 0 Å². The van der Waals surface area contributed by atoms with Crippen molar-refractivity contribution in [1.82, 2.24) is 4.90 Å². The van der Waals surface area contributed by atoms with Crippen molar-refractivity contribution in [2.45, 2.75) is 119 Å². The molecule has 10 nitrogen and oxygen atoms in total. The first kappa shape index (κ1) is 27.0. The van der Waals surface area contributed by atoms with E-state index < -0.39 is 82.1 Å². The molecule has 7 aliphatic rings. The van der Waals surface area contributed by atoms with E-state index in [1.54, 1.807) is 6.92 Å². The Labute approximate surface area is 229 Å². The Kier molecular flexibility index (Phi) is 5.51. The van der Waals surface area contributed by atoms with Crippen LogP contribution in [0.3, 0.4) is 0 Å². The molecule has 3 aliphatic heterocycles. The van der Waals surface area contributed by atoms with E-state index in [-0.39, 0.29) is 24.8 Å². The van der Waals surface area contributed by atoms with Gasteiger partial charge in [-0.05, 0) is 63.2 Å². The van der Waals surface area contributed by atoms with Gasteiger partial charge in [0.2, 0.25) is 5.79 Å². The monoisotopic (exact) mass is 551 g/mol. The van der Waals surface area contributed by atoms with Crippen molar-refractivity contribution in [3.05, 3.63) is 0 Å². The predicted octanol–water partition coefficient (Wildman–Crippen LogP) is -0.243. The average Bonchev–Trinajstić information content (AvgIpc) is 3.12.